The Labute approximate surface area is 163 Å². The van der Waals surface area contributed by atoms with E-state index < -0.39 is 17.8 Å². The van der Waals surface area contributed by atoms with E-state index in [0.717, 1.165) is 29.1 Å². The number of carbonyl (C=O) groups excluding carboxylic acids is 3. The molecule has 0 unspecified atom stereocenters. The zero-order valence-corrected chi connectivity index (χ0v) is 16.4. The maximum Gasteiger partial charge on any atom is 0.335 e. The lowest BCUT2D eigenvalue weighted by molar-refractivity contribution is -0.122. The molecule has 0 radical (unpaired) electrons. The maximum atomic E-state index is 12.9. The smallest absolute Gasteiger partial charge is 0.335 e. The molecule has 0 bridgehead atoms. The summed E-state index contributed by atoms with van der Waals surface area (Å²) in [5, 5.41) is 2.22. The zero-order chi connectivity index (χ0) is 20.4. The highest BCUT2D eigenvalue weighted by molar-refractivity contribution is 6.39. The fraction of sp³-hybridized carbons (Fsp3) is 0.286. The second kappa shape index (κ2) is 7.72. The molecule has 1 aromatic carbocycles. The molecule has 1 saturated heterocycles. The highest BCUT2D eigenvalue weighted by Gasteiger charge is 2.37. The van der Waals surface area contributed by atoms with Crippen molar-refractivity contribution in [2.45, 2.75) is 27.7 Å². The number of aryl methyl sites for hydroxylation is 2. The molecule has 7 nitrogen and oxygen atoms in total. The molecule has 4 amide bonds. The minimum Gasteiger partial charge on any atom is -0.441 e. The third kappa shape index (κ3) is 3.55. The van der Waals surface area contributed by atoms with Crippen LogP contribution in [0.3, 0.4) is 0 Å². The standard InChI is InChI=1S/C21H23N3O4/c1-5-23(6-2)18-10-9-16(28-18)12-17-19(25)22-21(27)24(20(17)26)15-8-7-13(3)14(4)11-15/h7-12H,5-6H2,1-4H3,(H,22,25,27)/b17-12+. The molecule has 1 aromatic heterocycles. The molecular formula is C21H23N3O4. The summed E-state index contributed by atoms with van der Waals surface area (Å²) >= 11 is 0. The number of nitrogens with zero attached hydrogens (tertiary/aromatic N) is 2. The summed E-state index contributed by atoms with van der Waals surface area (Å²) in [6, 6.07) is 7.96. The van der Waals surface area contributed by atoms with Gasteiger partial charge in [-0.05, 0) is 63.1 Å². The fourth-order valence-electron chi connectivity index (χ4n) is 3.02. The number of nitrogens with one attached hydrogen (secondary N) is 1. The second-order valence-corrected chi connectivity index (χ2v) is 6.57. The number of barbiturate groups is 1. The Bertz CT molecular complexity index is 970. The number of urea groups is 1. The van der Waals surface area contributed by atoms with Crippen molar-refractivity contribution in [2.75, 3.05) is 22.9 Å². The van der Waals surface area contributed by atoms with Gasteiger partial charge in [0.15, 0.2) is 5.88 Å². The summed E-state index contributed by atoms with van der Waals surface area (Å²) in [6.45, 7) is 9.40. The van der Waals surface area contributed by atoms with E-state index in [1.165, 1.54) is 6.08 Å². The maximum absolute atomic E-state index is 12.9. The van der Waals surface area contributed by atoms with Gasteiger partial charge in [-0.15, -0.1) is 0 Å². The van der Waals surface area contributed by atoms with Gasteiger partial charge in [0.2, 0.25) is 0 Å². The summed E-state index contributed by atoms with van der Waals surface area (Å²) in [7, 11) is 0. The number of rotatable bonds is 5. The van der Waals surface area contributed by atoms with Crippen molar-refractivity contribution in [3.8, 4) is 0 Å². The number of benzene rings is 1. The van der Waals surface area contributed by atoms with Crippen LogP contribution in [0, 0.1) is 13.8 Å². The molecule has 1 N–H and O–H groups in total. The molecule has 2 heterocycles. The highest BCUT2D eigenvalue weighted by atomic mass is 16.4. The third-order valence-corrected chi connectivity index (χ3v) is 4.82. The van der Waals surface area contributed by atoms with Crippen LogP contribution in [0.2, 0.25) is 0 Å². The van der Waals surface area contributed by atoms with E-state index in [1.54, 1.807) is 24.3 Å². The Morgan fingerprint density at radius 3 is 2.39 bits per heavy atom. The topological polar surface area (TPSA) is 82.9 Å². The number of carbonyl (C=O) groups is 3. The van der Waals surface area contributed by atoms with Crippen molar-refractivity contribution in [1.82, 2.24) is 5.32 Å². The Morgan fingerprint density at radius 1 is 1.04 bits per heavy atom. The van der Waals surface area contributed by atoms with Crippen molar-refractivity contribution in [1.29, 1.82) is 0 Å². The van der Waals surface area contributed by atoms with E-state index in [-0.39, 0.29) is 5.57 Å². The largest absolute Gasteiger partial charge is 0.441 e. The van der Waals surface area contributed by atoms with Crippen LogP contribution in [0.15, 0.2) is 40.3 Å². The molecule has 28 heavy (non-hydrogen) atoms. The average molecular weight is 381 g/mol. The molecular weight excluding hydrogens is 358 g/mol. The monoisotopic (exact) mass is 381 g/mol. The van der Waals surface area contributed by atoms with E-state index in [2.05, 4.69) is 5.32 Å². The van der Waals surface area contributed by atoms with Crippen LogP contribution in [-0.4, -0.2) is 30.9 Å². The minimum atomic E-state index is -0.765. The Morgan fingerprint density at radius 2 is 1.75 bits per heavy atom. The first-order chi connectivity index (χ1) is 13.3. The molecule has 0 atom stereocenters. The number of imide groups is 2. The third-order valence-electron chi connectivity index (χ3n) is 4.82. The molecule has 3 rings (SSSR count). The molecule has 146 valence electrons. The first kappa shape index (κ1) is 19.4. The number of hydrogen-bond donors (Lipinski definition) is 1. The van der Waals surface area contributed by atoms with Gasteiger partial charge in [0, 0.05) is 19.2 Å². The van der Waals surface area contributed by atoms with Gasteiger partial charge >= 0.3 is 6.03 Å². The lowest BCUT2D eigenvalue weighted by Gasteiger charge is -2.26. The summed E-state index contributed by atoms with van der Waals surface area (Å²) in [4.78, 5) is 40.5. The quantitative estimate of drug-likeness (QED) is 0.634. The Hall–Kier alpha value is -3.35. The number of anilines is 2. The van der Waals surface area contributed by atoms with E-state index in [9.17, 15) is 14.4 Å². The lowest BCUT2D eigenvalue weighted by Crippen LogP contribution is -2.54. The summed E-state index contributed by atoms with van der Waals surface area (Å²) in [5.41, 5.74) is 2.24. The number of furan rings is 1. The van der Waals surface area contributed by atoms with Crippen molar-refractivity contribution < 1.29 is 18.8 Å². The van der Waals surface area contributed by atoms with Crippen LogP contribution in [0.1, 0.15) is 30.7 Å². The van der Waals surface area contributed by atoms with Crippen LogP contribution in [0.4, 0.5) is 16.4 Å². The van der Waals surface area contributed by atoms with Crippen molar-refractivity contribution in [3.63, 3.8) is 0 Å². The van der Waals surface area contributed by atoms with Crippen LogP contribution < -0.4 is 15.1 Å². The summed E-state index contributed by atoms with van der Waals surface area (Å²) in [6.07, 6.45) is 1.37. The van der Waals surface area contributed by atoms with Crippen LogP contribution in [0.5, 0.6) is 0 Å². The van der Waals surface area contributed by atoms with Gasteiger partial charge in [-0.1, -0.05) is 6.07 Å². The van der Waals surface area contributed by atoms with Gasteiger partial charge < -0.3 is 9.32 Å². The average Bonchev–Trinajstić information content (AvgIpc) is 3.11. The van der Waals surface area contributed by atoms with E-state index in [4.69, 9.17) is 4.42 Å². The van der Waals surface area contributed by atoms with Gasteiger partial charge in [-0.25, -0.2) is 9.69 Å². The Balaban J connectivity index is 1.95. The van der Waals surface area contributed by atoms with E-state index >= 15 is 0 Å². The first-order valence-corrected chi connectivity index (χ1v) is 9.19. The number of hydrogen-bond acceptors (Lipinski definition) is 5. The van der Waals surface area contributed by atoms with Gasteiger partial charge in [0.25, 0.3) is 11.8 Å². The molecule has 7 heteroatoms. The molecule has 1 aliphatic heterocycles. The first-order valence-electron chi connectivity index (χ1n) is 9.19. The molecule has 0 spiro atoms. The normalized spacial score (nSPS) is 15.9. The van der Waals surface area contributed by atoms with Crippen LogP contribution >= 0.6 is 0 Å². The van der Waals surface area contributed by atoms with Crippen molar-refractivity contribution >= 4 is 35.5 Å². The predicted octanol–water partition coefficient (Wildman–Crippen LogP) is 3.41. The molecule has 2 aromatic rings. The van der Waals surface area contributed by atoms with Gasteiger partial charge in [-0.3, -0.25) is 14.9 Å². The van der Waals surface area contributed by atoms with Gasteiger partial charge in [0.1, 0.15) is 11.3 Å². The minimum absolute atomic E-state index is 0.154. The fourth-order valence-corrected chi connectivity index (χ4v) is 3.02. The van der Waals surface area contributed by atoms with Crippen molar-refractivity contribution in [2.24, 2.45) is 0 Å². The lowest BCUT2D eigenvalue weighted by atomic mass is 10.1. The number of amides is 4. The highest BCUT2D eigenvalue weighted by Crippen LogP contribution is 2.25. The molecule has 0 saturated carbocycles. The van der Waals surface area contributed by atoms with E-state index in [1.807, 2.05) is 38.7 Å². The predicted molar refractivity (Wildman–Crippen MR) is 107 cm³/mol. The zero-order valence-electron chi connectivity index (χ0n) is 16.4. The van der Waals surface area contributed by atoms with Gasteiger partial charge in [-0.2, -0.15) is 0 Å². The van der Waals surface area contributed by atoms with E-state index in [0.29, 0.717) is 17.3 Å². The summed E-state index contributed by atoms with van der Waals surface area (Å²) < 4.78 is 5.74. The Kier molecular flexibility index (Phi) is 5.35. The van der Waals surface area contributed by atoms with Crippen LogP contribution in [0.25, 0.3) is 6.08 Å². The summed E-state index contributed by atoms with van der Waals surface area (Å²) in [5.74, 6) is -0.397. The van der Waals surface area contributed by atoms with Crippen LogP contribution in [-0.2, 0) is 9.59 Å². The SMILES string of the molecule is CCN(CC)c1ccc(/C=C2\C(=O)NC(=O)N(c3ccc(C)c(C)c3)C2=O)o1. The van der Waals surface area contributed by atoms with Gasteiger partial charge in [0.05, 0.1) is 5.69 Å². The second-order valence-electron chi connectivity index (χ2n) is 6.57. The molecule has 1 aliphatic rings. The van der Waals surface area contributed by atoms with Crippen molar-refractivity contribution in [3.05, 3.63) is 52.8 Å². The molecule has 0 aliphatic carbocycles. The molecule has 1 fully saturated rings.